The molecule has 1 fully saturated rings. The zero-order valence-corrected chi connectivity index (χ0v) is 16.4. The summed E-state index contributed by atoms with van der Waals surface area (Å²) in [5.74, 6) is -0.222. The Hall–Kier alpha value is -2.29. The van der Waals surface area contributed by atoms with Crippen LogP contribution in [-0.2, 0) is 27.8 Å². The number of amides is 1. The van der Waals surface area contributed by atoms with Gasteiger partial charge in [0.2, 0.25) is 15.9 Å². The number of rotatable bonds is 5. The van der Waals surface area contributed by atoms with Crippen molar-refractivity contribution in [3.8, 4) is 0 Å². The standard InChI is InChI=1S/C20H24FN3O3S/c21-18-6-2-17(3-7-18)15-23-10-1-11-24(13-12-23)20(25)14-16-4-8-19(9-5-16)28(22,26)27/h2-9H,1,10-15H2,(H2,22,26,27). The number of carbonyl (C=O) groups excluding carboxylic acids is 1. The Morgan fingerprint density at radius 1 is 0.929 bits per heavy atom. The Bertz CT molecular complexity index is 915. The number of carbonyl (C=O) groups is 1. The molecule has 2 aromatic carbocycles. The van der Waals surface area contributed by atoms with E-state index in [0.29, 0.717) is 13.1 Å². The molecule has 0 atom stereocenters. The van der Waals surface area contributed by atoms with Crippen LogP contribution in [0.3, 0.4) is 0 Å². The number of hydrogen-bond acceptors (Lipinski definition) is 4. The third kappa shape index (κ3) is 5.60. The van der Waals surface area contributed by atoms with Gasteiger partial charge in [-0.05, 0) is 41.8 Å². The molecule has 0 saturated carbocycles. The van der Waals surface area contributed by atoms with Gasteiger partial charge < -0.3 is 4.90 Å². The van der Waals surface area contributed by atoms with Crippen molar-refractivity contribution >= 4 is 15.9 Å². The lowest BCUT2D eigenvalue weighted by Crippen LogP contribution is -2.36. The van der Waals surface area contributed by atoms with E-state index in [4.69, 9.17) is 5.14 Å². The van der Waals surface area contributed by atoms with Crippen molar-refractivity contribution in [3.63, 3.8) is 0 Å². The molecule has 2 N–H and O–H groups in total. The summed E-state index contributed by atoms with van der Waals surface area (Å²) in [6.07, 6.45) is 1.10. The summed E-state index contributed by atoms with van der Waals surface area (Å²) in [6, 6.07) is 12.6. The minimum Gasteiger partial charge on any atom is -0.341 e. The SMILES string of the molecule is NS(=O)(=O)c1ccc(CC(=O)N2CCCN(Cc3ccc(F)cc3)CC2)cc1. The zero-order chi connectivity index (χ0) is 20.1. The first-order chi connectivity index (χ1) is 13.3. The molecule has 0 aliphatic carbocycles. The van der Waals surface area contributed by atoms with Crippen LogP contribution in [0.25, 0.3) is 0 Å². The highest BCUT2D eigenvalue weighted by Gasteiger charge is 2.19. The Balaban J connectivity index is 1.54. The molecule has 1 aliphatic rings. The maximum absolute atomic E-state index is 13.0. The van der Waals surface area contributed by atoms with E-state index in [-0.39, 0.29) is 23.0 Å². The topological polar surface area (TPSA) is 83.7 Å². The van der Waals surface area contributed by atoms with E-state index in [1.807, 2.05) is 4.90 Å². The fourth-order valence-corrected chi connectivity index (χ4v) is 3.83. The van der Waals surface area contributed by atoms with Crippen LogP contribution in [0.5, 0.6) is 0 Å². The maximum atomic E-state index is 13.0. The van der Waals surface area contributed by atoms with Crippen LogP contribution in [-0.4, -0.2) is 50.3 Å². The summed E-state index contributed by atoms with van der Waals surface area (Å²) in [4.78, 5) is 16.8. The van der Waals surface area contributed by atoms with E-state index >= 15 is 0 Å². The van der Waals surface area contributed by atoms with Crippen LogP contribution in [0.15, 0.2) is 53.4 Å². The molecule has 0 spiro atoms. The number of nitrogens with zero attached hydrogens (tertiary/aromatic N) is 2. The lowest BCUT2D eigenvalue weighted by atomic mass is 10.1. The molecule has 1 saturated heterocycles. The number of sulfonamides is 1. The van der Waals surface area contributed by atoms with Crippen LogP contribution in [0.2, 0.25) is 0 Å². The van der Waals surface area contributed by atoms with Gasteiger partial charge in [0.25, 0.3) is 0 Å². The van der Waals surface area contributed by atoms with E-state index in [9.17, 15) is 17.6 Å². The third-order valence-electron chi connectivity index (χ3n) is 4.87. The predicted octanol–water partition coefficient (Wildman–Crippen LogP) is 1.75. The average molecular weight is 405 g/mol. The van der Waals surface area contributed by atoms with Crippen molar-refractivity contribution in [1.29, 1.82) is 0 Å². The molecule has 28 heavy (non-hydrogen) atoms. The summed E-state index contributed by atoms with van der Waals surface area (Å²) in [7, 11) is -3.73. The first-order valence-electron chi connectivity index (χ1n) is 9.17. The lowest BCUT2D eigenvalue weighted by Gasteiger charge is -2.22. The highest BCUT2D eigenvalue weighted by atomic mass is 32.2. The number of halogens is 1. The predicted molar refractivity (Wildman–Crippen MR) is 104 cm³/mol. The summed E-state index contributed by atoms with van der Waals surface area (Å²) in [5.41, 5.74) is 1.81. The van der Waals surface area contributed by atoms with Crippen LogP contribution in [0.1, 0.15) is 17.5 Å². The van der Waals surface area contributed by atoms with Gasteiger partial charge in [0, 0.05) is 32.7 Å². The molecular formula is C20H24FN3O3S. The molecular weight excluding hydrogens is 381 g/mol. The quantitative estimate of drug-likeness (QED) is 0.822. The van der Waals surface area contributed by atoms with Crippen molar-refractivity contribution in [2.24, 2.45) is 5.14 Å². The van der Waals surface area contributed by atoms with Crippen LogP contribution in [0.4, 0.5) is 4.39 Å². The Kier molecular flexibility index (Phi) is 6.43. The second-order valence-corrected chi connectivity index (χ2v) is 8.56. The van der Waals surface area contributed by atoms with Gasteiger partial charge in [-0.2, -0.15) is 0 Å². The Morgan fingerprint density at radius 2 is 1.57 bits per heavy atom. The maximum Gasteiger partial charge on any atom is 0.238 e. The van der Waals surface area contributed by atoms with Gasteiger partial charge >= 0.3 is 0 Å². The molecule has 1 heterocycles. The van der Waals surface area contributed by atoms with Gasteiger partial charge in [-0.25, -0.2) is 17.9 Å². The molecule has 3 rings (SSSR count). The number of nitrogens with two attached hydrogens (primary N) is 1. The van der Waals surface area contributed by atoms with Gasteiger partial charge in [0.15, 0.2) is 0 Å². The number of primary sulfonamides is 1. The first-order valence-corrected chi connectivity index (χ1v) is 10.7. The summed E-state index contributed by atoms with van der Waals surface area (Å²) < 4.78 is 35.7. The molecule has 0 radical (unpaired) electrons. The molecule has 8 heteroatoms. The van der Waals surface area contributed by atoms with E-state index in [1.54, 1.807) is 24.3 Å². The molecule has 1 aliphatic heterocycles. The monoisotopic (exact) mass is 405 g/mol. The van der Waals surface area contributed by atoms with E-state index < -0.39 is 10.0 Å². The van der Waals surface area contributed by atoms with Gasteiger partial charge in [0.05, 0.1) is 11.3 Å². The fraction of sp³-hybridized carbons (Fsp3) is 0.350. The fourth-order valence-electron chi connectivity index (χ4n) is 3.31. The Labute approximate surface area is 164 Å². The van der Waals surface area contributed by atoms with E-state index in [1.165, 1.54) is 24.3 Å². The second-order valence-electron chi connectivity index (χ2n) is 7.00. The van der Waals surface area contributed by atoms with E-state index in [0.717, 1.165) is 37.2 Å². The van der Waals surface area contributed by atoms with Gasteiger partial charge in [0.1, 0.15) is 5.82 Å². The van der Waals surface area contributed by atoms with Crippen molar-refractivity contribution in [2.45, 2.75) is 24.3 Å². The van der Waals surface area contributed by atoms with Gasteiger partial charge in [-0.1, -0.05) is 24.3 Å². The summed E-state index contributed by atoms with van der Waals surface area (Å²) in [6.45, 7) is 3.69. The summed E-state index contributed by atoms with van der Waals surface area (Å²) in [5, 5.41) is 5.09. The van der Waals surface area contributed by atoms with E-state index in [2.05, 4.69) is 4.90 Å². The van der Waals surface area contributed by atoms with Gasteiger partial charge in [-0.15, -0.1) is 0 Å². The molecule has 6 nitrogen and oxygen atoms in total. The minimum atomic E-state index is -3.73. The van der Waals surface area contributed by atoms with Crippen molar-refractivity contribution < 1.29 is 17.6 Å². The minimum absolute atomic E-state index is 0.0204. The average Bonchev–Trinajstić information content (AvgIpc) is 2.89. The molecule has 0 unspecified atom stereocenters. The van der Waals surface area contributed by atoms with Crippen molar-refractivity contribution in [3.05, 3.63) is 65.5 Å². The largest absolute Gasteiger partial charge is 0.341 e. The smallest absolute Gasteiger partial charge is 0.238 e. The molecule has 1 amide bonds. The third-order valence-corrected chi connectivity index (χ3v) is 5.80. The number of hydrogen-bond donors (Lipinski definition) is 1. The second kappa shape index (κ2) is 8.81. The molecule has 0 bridgehead atoms. The van der Waals surface area contributed by atoms with Crippen LogP contribution in [0, 0.1) is 5.82 Å². The van der Waals surface area contributed by atoms with Crippen molar-refractivity contribution in [1.82, 2.24) is 9.80 Å². The first kappa shape index (κ1) is 20.4. The Morgan fingerprint density at radius 3 is 2.21 bits per heavy atom. The normalized spacial score (nSPS) is 16.0. The van der Waals surface area contributed by atoms with Gasteiger partial charge in [-0.3, -0.25) is 9.69 Å². The lowest BCUT2D eigenvalue weighted by molar-refractivity contribution is -0.130. The zero-order valence-electron chi connectivity index (χ0n) is 15.6. The van der Waals surface area contributed by atoms with Crippen molar-refractivity contribution in [2.75, 3.05) is 26.2 Å². The highest BCUT2D eigenvalue weighted by molar-refractivity contribution is 7.89. The highest BCUT2D eigenvalue weighted by Crippen LogP contribution is 2.13. The van der Waals surface area contributed by atoms with Crippen LogP contribution >= 0.6 is 0 Å². The molecule has 0 aromatic heterocycles. The van der Waals surface area contributed by atoms with Crippen LogP contribution < -0.4 is 5.14 Å². The molecule has 150 valence electrons. The number of benzene rings is 2. The molecule has 2 aromatic rings. The summed E-state index contributed by atoms with van der Waals surface area (Å²) >= 11 is 0.